The van der Waals surface area contributed by atoms with Gasteiger partial charge < -0.3 is 5.32 Å². The normalized spacial score (nSPS) is 10.2. The zero-order chi connectivity index (χ0) is 13.9. The lowest BCUT2D eigenvalue weighted by Crippen LogP contribution is -2.13. The second-order valence-corrected chi connectivity index (χ2v) is 3.98. The van der Waals surface area contributed by atoms with Crippen LogP contribution in [0.4, 0.5) is 5.82 Å². The van der Waals surface area contributed by atoms with E-state index < -0.39 is 0 Å². The van der Waals surface area contributed by atoms with Gasteiger partial charge in [-0.25, -0.2) is 0 Å². The van der Waals surface area contributed by atoms with Gasteiger partial charge in [-0.1, -0.05) is 0 Å². The van der Waals surface area contributed by atoms with Gasteiger partial charge in [0.05, 0.1) is 17.2 Å². The van der Waals surface area contributed by atoms with E-state index in [1.54, 1.807) is 30.6 Å². The SMILES string of the molecule is N#Cc1cn[nH]c1NC(=O)c1ccc2nccnc2c1. The molecule has 7 nitrogen and oxygen atoms in total. The number of hydrogen-bond donors (Lipinski definition) is 2. The molecule has 0 spiro atoms. The smallest absolute Gasteiger partial charge is 0.256 e. The Kier molecular flexibility index (Phi) is 2.82. The van der Waals surface area contributed by atoms with Crippen LogP contribution in [0.3, 0.4) is 0 Å². The molecule has 0 aliphatic carbocycles. The van der Waals surface area contributed by atoms with Gasteiger partial charge in [-0.3, -0.25) is 19.9 Å². The lowest BCUT2D eigenvalue weighted by molar-refractivity contribution is 0.102. The molecule has 2 aromatic heterocycles. The van der Waals surface area contributed by atoms with E-state index in [1.165, 1.54) is 6.20 Å². The second-order valence-electron chi connectivity index (χ2n) is 3.98. The number of nitrogens with one attached hydrogen (secondary N) is 2. The van der Waals surface area contributed by atoms with Crippen LogP contribution in [0.2, 0.25) is 0 Å². The molecule has 3 rings (SSSR count). The highest BCUT2D eigenvalue weighted by Crippen LogP contribution is 2.14. The van der Waals surface area contributed by atoms with Gasteiger partial charge in [-0.05, 0) is 18.2 Å². The number of amides is 1. The monoisotopic (exact) mass is 264 g/mol. The predicted octanol–water partition coefficient (Wildman–Crippen LogP) is 1.48. The van der Waals surface area contributed by atoms with Gasteiger partial charge in [-0.2, -0.15) is 10.4 Å². The standard InChI is InChI=1S/C13H8N6O/c14-6-9-7-17-19-12(9)18-13(20)8-1-2-10-11(5-8)16-4-3-15-10/h1-5,7H,(H2,17,18,19,20). The van der Waals surface area contributed by atoms with Gasteiger partial charge in [0.2, 0.25) is 0 Å². The molecule has 0 saturated heterocycles. The number of rotatable bonds is 2. The van der Waals surface area contributed by atoms with E-state index in [0.717, 1.165) is 0 Å². The van der Waals surface area contributed by atoms with Crippen LogP contribution in [0.25, 0.3) is 11.0 Å². The number of nitrogens with zero attached hydrogens (tertiary/aromatic N) is 4. The van der Waals surface area contributed by atoms with Crippen LogP contribution in [0.5, 0.6) is 0 Å². The van der Waals surface area contributed by atoms with E-state index in [4.69, 9.17) is 5.26 Å². The summed E-state index contributed by atoms with van der Waals surface area (Å²) in [6, 6.07) is 6.94. The van der Waals surface area contributed by atoms with Crippen molar-refractivity contribution in [1.82, 2.24) is 20.2 Å². The molecule has 0 saturated carbocycles. The summed E-state index contributed by atoms with van der Waals surface area (Å²) in [5.74, 6) is -0.0740. The maximum absolute atomic E-state index is 12.1. The quantitative estimate of drug-likeness (QED) is 0.728. The van der Waals surface area contributed by atoms with Crippen LogP contribution in [0.15, 0.2) is 36.8 Å². The van der Waals surface area contributed by atoms with Crippen molar-refractivity contribution >= 4 is 22.8 Å². The average molecular weight is 264 g/mol. The molecule has 96 valence electrons. The van der Waals surface area contributed by atoms with Crippen molar-refractivity contribution in [2.45, 2.75) is 0 Å². The maximum atomic E-state index is 12.1. The summed E-state index contributed by atoms with van der Waals surface area (Å²) in [4.78, 5) is 20.4. The average Bonchev–Trinajstić information content (AvgIpc) is 2.94. The third-order valence-corrected chi connectivity index (χ3v) is 2.73. The number of fused-ring (bicyclic) bond motifs is 1. The Morgan fingerprint density at radius 1 is 1.25 bits per heavy atom. The topological polar surface area (TPSA) is 107 Å². The van der Waals surface area contributed by atoms with E-state index in [9.17, 15) is 4.79 Å². The molecule has 3 aromatic rings. The molecule has 0 atom stereocenters. The summed E-state index contributed by atoms with van der Waals surface area (Å²) in [7, 11) is 0. The minimum absolute atomic E-state index is 0.275. The first-order chi connectivity index (χ1) is 9.78. The van der Waals surface area contributed by atoms with Gasteiger partial charge in [-0.15, -0.1) is 0 Å². The zero-order valence-corrected chi connectivity index (χ0v) is 10.2. The van der Waals surface area contributed by atoms with Crippen molar-refractivity contribution in [2.75, 3.05) is 5.32 Å². The Balaban J connectivity index is 1.91. The van der Waals surface area contributed by atoms with E-state index in [1.807, 2.05) is 6.07 Å². The van der Waals surface area contributed by atoms with Crippen molar-refractivity contribution in [3.63, 3.8) is 0 Å². The van der Waals surface area contributed by atoms with Crippen LogP contribution in [-0.4, -0.2) is 26.1 Å². The first-order valence-electron chi connectivity index (χ1n) is 5.73. The molecule has 0 aliphatic rings. The summed E-state index contributed by atoms with van der Waals surface area (Å²) in [6.07, 6.45) is 4.50. The maximum Gasteiger partial charge on any atom is 0.256 e. The zero-order valence-electron chi connectivity index (χ0n) is 10.2. The van der Waals surface area contributed by atoms with Gasteiger partial charge in [0, 0.05) is 18.0 Å². The molecular formula is C13H8N6O. The van der Waals surface area contributed by atoms with Crippen molar-refractivity contribution in [3.05, 3.63) is 47.9 Å². The molecule has 20 heavy (non-hydrogen) atoms. The fourth-order valence-electron chi connectivity index (χ4n) is 1.76. The van der Waals surface area contributed by atoms with Gasteiger partial charge in [0.1, 0.15) is 17.5 Å². The van der Waals surface area contributed by atoms with E-state index >= 15 is 0 Å². The summed E-state index contributed by atoms with van der Waals surface area (Å²) >= 11 is 0. The molecule has 0 aliphatic heterocycles. The Morgan fingerprint density at radius 3 is 2.85 bits per heavy atom. The van der Waals surface area contributed by atoms with E-state index in [0.29, 0.717) is 16.6 Å². The summed E-state index contributed by atoms with van der Waals surface area (Å²) in [5.41, 5.74) is 2.05. The molecular weight excluding hydrogens is 256 g/mol. The Morgan fingerprint density at radius 2 is 2.05 bits per heavy atom. The number of H-pyrrole nitrogens is 1. The molecule has 2 heterocycles. The lowest BCUT2D eigenvalue weighted by Gasteiger charge is -2.04. The molecule has 1 amide bonds. The number of aromatic nitrogens is 4. The number of nitriles is 1. The summed E-state index contributed by atoms with van der Waals surface area (Å²) in [5, 5.41) is 17.7. The molecule has 0 bridgehead atoms. The van der Waals surface area contributed by atoms with Gasteiger partial charge in [0.25, 0.3) is 5.91 Å². The molecule has 0 unspecified atom stereocenters. The Bertz CT molecular complexity index is 832. The minimum Gasteiger partial charge on any atom is -0.306 e. The molecule has 1 aromatic carbocycles. The van der Waals surface area contributed by atoms with Crippen molar-refractivity contribution < 1.29 is 4.79 Å². The van der Waals surface area contributed by atoms with Crippen LogP contribution in [0, 0.1) is 11.3 Å². The fourth-order valence-corrected chi connectivity index (χ4v) is 1.76. The lowest BCUT2D eigenvalue weighted by atomic mass is 10.2. The largest absolute Gasteiger partial charge is 0.306 e. The second kappa shape index (κ2) is 4.78. The van der Waals surface area contributed by atoms with Gasteiger partial charge >= 0.3 is 0 Å². The number of benzene rings is 1. The van der Waals surface area contributed by atoms with E-state index in [2.05, 4.69) is 25.5 Å². The Hall–Kier alpha value is -3.27. The predicted molar refractivity (Wildman–Crippen MR) is 70.8 cm³/mol. The van der Waals surface area contributed by atoms with Crippen LogP contribution in [-0.2, 0) is 0 Å². The summed E-state index contributed by atoms with van der Waals surface area (Å²) < 4.78 is 0. The molecule has 7 heteroatoms. The molecule has 2 N–H and O–H groups in total. The Labute approximate surface area is 113 Å². The van der Waals surface area contributed by atoms with Crippen molar-refractivity contribution in [3.8, 4) is 6.07 Å². The highest BCUT2D eigenvalue weighted by molar-refractivity contribution is 6.05. The third kappa shape index (κ3) is 2.06. The van der Waals surface area contributed by atoms with E-state index in [-0.39, 0.29) is 17.3 Å². The van der Waals surface area contributed by atoms with Crippen molar-refractivity contribution in [2.24, 2.45) is 0 Å². The number of hydrogen-bond acceptors (Lipinski definition) is 5. The van der Waals surface area contributed by atoms with Crippen LogP contribution >= 0.6 is 0 Å². The molecule has 0 radical (unpaired) electrons. The van der Waals surface area contributed by atoms with Crippen LogP contribution in [0.1, 0.15) is 15.9 Å². The third-order valence-electron chi connectivity index (χ3n) is 2.73. The minimum atomic E-state index is -0.349. The van der Waals surface area contributed by atoms with Gasteiger partial charge in [0.15, 0.2) is 0 Å². The number of carbonyl (C=O) groups excluding carboxylic acids is 1. The number of anilines is 1. The summed E-state index contributed by atoms with van der Waals surface area (Å²) in [6.45, 7) is 0. The first kappa shape index (κ1) is 11.8. The first-order valence-corrected chi connectivity index (χ1v) is 5.73. The highest BCUT2D eigenvalue weighted by atomic mass is 16.1. The van der Waals surface area contributed by atoms with Crippen LogP contribution < -0.4 is 5.32 Å². The fraction of sp³-hybridized carbons (Fsp3) is 0. The number of carbonyl (C=O) groups is 1. The highest BCUT2D eigenvalue weighted by Gasteiger charge is 2.11. The number of aromatic amines is 1. The van der Waals surface area contributed by atoms with Crippen molar-refractivity contribution in [1.29, 1.82) is 5.26 Å². The molecule has 0 fully saturated rings.